The minimum Gasteiger partial charge on any atom is -0.569 e. The second kappa shape index (κ2) is 6.05. The number of nitrogens with zero attached hydrogens (tertiary/aromatic N) is 2. The Hall–Kier alpha value is -1.53. The number of hydrogen-bond donors (Lipinski definition) is 1. The third-order valence-electron chi connectivity index (χ3n) is 2.09. The van der Waals surface area contributed by atoms with Crippen LogP contribution in [0.5, 0.6) is 0 Å². The van der Waals surface area contributed by atoms with Crippen LogP contribution in [-0.2, 0) is 14.4 Å². The van der Waals surface area contributed by atoms with E-state index >= 15 is 0 Å². The van der Waals surface area contributed by atoms with Crippen LogP contribution < -0.4 is 5.43 Å². The van der Waals surface area contributed by atoms with Crippen molar-refractivity contribution in [2.45, 2.75) is 38.6 Å². The summed E-state index contributed by atoms with van der Waals surface area (Å²) in [6.45, 7) is 0.898. The molecule has 0 aromatic heterocycles. The van der Waals surface area contributed by atoms with Gasteiger partial charge in [0.25, 0.3) is 6.79 Å². The zero-order chi connectivity index (χ0) is 11.1. The molecule has 1 fully saturated rings. The largest absolute Gasteiger partial charge is 0.569 e. The molecule has 0 unspecified atom stereocenters. The van der Waals surface area contributed by atoms with Gasteiger partial charge in [-0.15, -0.1) is 0 Å². The van der Waals surface area contributed by atoms with Crippen molar-refractivity contribution in [3.8, 4) is 0 Å². The smallest absolute Gasteiger partial charge is 0.305 e. The Morgan fingerprint density at radius 1 is 1.60 bits per heavy atom. The van der Waals surface area contributed by atoms with E-state index in [-0.39, 0.29) is 17.8 Å². The van der Waals surface area contributed by atoms with Crippen molar-refractivity contribution >= 4 is 5.97 Å². The molecule has 1 saturated carbocycles. The number of esters is 1. The summed E-state index contributed by atoms with van der Waals surface area (Å²) in [6.07, 6.45) is 4.19. The van der Waals surface area contributed by atoms with Gasteiger partial charge in [-0.05, 0) is 12.8 Å². The van der Waals surface area contributed by atoms with Crippen LogP contribution in [0.25, 0.3) is 0 Å². The lowest BCUT2D eigenvalue weighted by Gasteiger charge is -2.07. The van der Waals surface area contributed by atoms with Crippen LogP contribution in [0.3, 0.4) is 0 Å². The number of nitrogens with one attached hydrogen (secondary N) is 1. The van der Waals surface area contributed by atoms with Gasteiger partial charge in [-0.1, -0.05) is 12.8 Å². The molecular weight excluding hydrogens is 202 g/mol. The molecule has 1 aliphatic rings. The van der Waals surface area contributed by atoms with E-state index in [1.807, 2.05) is 0 Å². The first-order valence-corrected chi connectivity index (χ1v) is 4.88. The summed E-state index contributed by atoms with van der Waals surface area (Å²) in [5, 5.41) is 14.2. The van der Waals surface area contributed by atoms with Gasteiger partial charge in [-0.3, -0.25) is 4.79 Å². The normalized spacial score (nSPS) is 17.5. The highest BCUT2D eigenvalue weighted by Gasteiger charge is 2.17. The van der Waals surface area contributed by atoms with Gasteiger partial charge in [0.1, 0.15) is 0 Å². The second-order valence-corrected chi connectivity index (χ2v) is 3.35. The summed E-state index contributed by atoms with van der Waals surface area (Å²) in [5.41, 5.74) is 2.61. The average molecular weight is 217 g/mol. The van der Waals surface area contributed by atoms with E-state index in [9.17, 15) is 10.0 Å². The van der Waals surface area contributed by atoms with Crippen LogP contribution in [0, 0.1) is 5.21 Å². The quantitative estimate of drug-likeness (QED) is 0.184. The molecule has 0 saturated heterocycles. The summed E-state index contributed by atoms with van der Waals surface area (Å²) in [4.78, 5) is 15.0. The molecule has 86 valence electrons. The summed E-state index contributed by atoms with van der Waals surface area (Å²) in [7, 11) is 0. The van der Waals surface area contributed by atoms with Gasteiger partial charge in [0.05, 0.1) is 11.0 Å². The third-order valence-corrected chi connectivity index (χ3v) is 2.09. The van der Waals surface area contributed by atoms with Crippen molar-refractivity contribution in [3.05, 3.63) is 5.21 Å². The average Bonchev–Trinajstić information content (AvgIpc) is 2.64. The van der Waals surface area contributed by atoms with Gasteiger partial charge in [0.15, 0.2) is 0 Å². The molecule has 1 N–H and O–H groups in total. The molecule has 1 rings (SSSR count). The van der Waals surface area contributed by atoms with Crippen molar-refractivity contribution in [2.75, 3.05) is 6.79 Å². The maximum Gasteiger partial charge on any atom is 0.305 e. The van der Waals surface area contributed by atoms with E-state index in [1.165, 1.54) is 6.92 Å². The Morgan fingerprint density at radius 3 is 2.87 bits per heavy atom. The van der Waals surface area contributed by atoms with E-state index in [0.29, 0.717) is 0 Å². The number of hydrogen-bond acceptors (Lipinski definition) is 5. The first-order valence-electron chi connectivity index (χ1n) is 4.88. The van der Waals surface area contributed by atoms with Crippen molar-refractivity contribution in [2.24, 2.45) is 5.28 Å². The molecule has 0 spiro atoms. The Labute approximate surface area is 87.6 Å². The van der Waals surface area contributed by atoms with Gasteiger partial charge in [-0.2, -0.15) is 5.43 Å². The lowest BCUT2D eigenvalue weighted by atomic mass is 10.3. The van der Waals surface area contributed by atoms with Crippen LogP contribution in [0.15, 0.2) is 5.28 Å². The van der Waals surface area contributed by atoms with Crippen LogP contribution >= 0.6 is 0 Å². The Balaban J connectivity index is 2.12. The minimum absolute atomic E-state index is 0.170. The minimum atomic E-state index is -0.480. The van der Waals surface area contributed by atoms with Gasteiger partial charge in [0, 0.05) is 6.92 Å². The fourth-order valence-corrected chi connectivity index (χ4v) is 1.42. The molecule has 15 heavy (non-hydrogen) atoms. The van der Waals surface area contributed by atoms with Crippen molar-refractivity contribution in [3.63, 3.8) is 0 Å². The molecule has 1 aliphatic carbocycles. The lowest BCUT2D eigenvalue weighted by molar-refractivity contribution is -0.621. The monoisotopic (exact) mass is 217 g/mol. The molecule has 0 atom stereocenters. The fraction of sp³-hybridized carbons (Fsp3) is 0.875. The van der Waals surface area contributed by atoms with E-state index < -0.39 is 5.97 Å². The molecule has 0 aliphatic heterocycles. The predicted octanol–water partition coefficient (Wildman–Crippen LogP) is 0.848. The molecule has 0 amide bonds. The van der Waals surface area contributed by atoms with Crippen LogP contribution in [0.1, 0.15) is 32.6 Å². The zero-order valence-corrected chi connectivity index (χ0v) is 8.64. The van der Waals surface area contributed by atoms with Crippen LogP contribution in [-0.4, -0.2) is 23.8 Å². The summed E-state index contributed by atoms with van der Waals surface area (Å²) in [6, 6.07) is 0.170. The van der Waals surface area contributed by atoms with Crippen LogP contribution in [0.4, 0.5) is 0 Å². The first kappa shape index (κ1) is 11.5. The Kier molecular flexibility index (Phi) is 4.65. The summed E-state index contributed by atoms with van der Waals surface area (Å²) >= 11 is 0. The molecule has 0 heterocycles. The SMILES string of the molecule is CC(=O)OCO/N=[N+](\[O-])NC1CCCC1. The second-order valence-electron chi connectivity index (χ2n) is 3.35. The maximum atomic E-state index is 11.0. The molecule has 7 heteroatoms. The van der Waals surface area contributed by atoms with E-state index in [2.05, 4.69) is 20.3 Å². The molecular formula is C8H15N3O4. The highest BCUT2D eigenvalue weighted by molar-refractivity contribution is 5.65. The van der Waals surface area contributed by atoms with Gasteiger partial charge in [0.2, 0.25) is 5.28 Å². The van der Waals surface area contributed by atoms with Crippen molar-refractivity contribution in [1.29, 1.82) is 0 Å². The van der Waals surface area contributed by atoms with Gasteiger partial charge < -0.3 is 14.8 Å². The molecule has 0 aromatic carbocycles. The lowest BCUT2D eigenvalue weighted by Crippen LogP contribution is -2.32. The maximum absolute atomic E-state index is 11.0. The Bertz CT molecular complexity index is 238. The molecule has 7 nitrogen and oxygen atoms in total. The number of carbonyl (C=O) groups excluding carboxylic acids is 1. The topological polar surface area (TPSA) is 86.0 Å². The highest BCUT2D eigenvalue weighted by atomic mass is 16.8. The highest BCUT2D eigenvalue weighted by Crippen LogP contribution is 2.17. The fourth-order valence-electron chi connectivity index (χ4n) is 1.42. The standard InChI is InChI=1S/C8H15N3O4/c1-7(12)14-6-15-10-11(13)9-8-4-2-3-5-8/h8H,2-6H2,1H3,(H,9,10). The number of rotatable bonds is 5. The van der Waals surface area contributed by atoms with Gasteiger partial charge in [-0.25, -0.2) is 0 Å². The Morgan fingerprint density at radius 2 is 2.27 bits per heavy atom. The number of carbonyl (C=O) groups is 1. The zero-order valence-electron chi connectivity index (χ0n) is 8.64. The predicted molar refractivity (Wildman–Crippen MR) is 49.2 cm³/mol. The molecule has 0 radical (unpaired) electrons. The van der Waals surface area contributed by atoms with Crippen molar-refractivity contribution in [1.82, 2.24) is 5.43 Å². The van der Waals surface area contributed by atoms with E-state index in [4.69, 9.17) is 0 Å². The summed E-state index contributed by atoms with van der Waals surface area (Å²) < 4.78 is 4.41. The van der Waals surface area contributed by atoms with Gasteiger partial charge >= 0.3 is 5.97 Å². The molecule has 0 aromatic rings. The summed E-state index contributed by atoms with van der Waals surface area (Å²) in [5.74, 6) is -0.480. The van der Waals surface area contributed by atoms with E-state index in [1.54, 1.807) is 0 Å². The van der Waals surface area contributed by atoms with Crippen LogP contribution in [0.2, 0.25) is 0 Å². The van der Waals surface area contributed by atoms with Crippen molar-refractivity contribution < 1.29 is 19.3 Å². The third kappa shape index (κ3) is 5.04. The number of ether oxygens (including phenoxy) is 1. The first-order chi connectivity index (χ1) is 7.18. The molecule has 0 bridgehead atoms. The number of hydrazine groups is 1. The van der Waals surface area contributed by atoms with E-state index in [0.717, 1.165) is 25.7 Å².